The minimum absolute atomic E-state index is 0.154. The fourth-order valence-electron chi connectivity index (χ4n) is 2.17. The maximum atomic E-state index is 11.9. The number of anilines is 2. The number of amides is 3. The molecule has 1 aliphatic heterocycles. The van der Waals surface area contributed by atoms with Crippen molar-refractivity contribution in [3.05, 3.63) is 27.5 Å². The normalized spacial score (nSPS) is 13.9. The number of halogens is 1. The fourth-order valence-corrected chi connectivity index (χ4v) is 3.12. The number of pyridine rings is 1. The first-order valence-electron chi connectivity index (χ1n) is 7.26. The van der Waals surface area contributed by atoms with E-state index in [4.69, 9.17) is 9.84 Å². The van der Waals surface area contributed by atoms with E-state index in [1.807, 2.05) is 0 Å². The summed E-state index contributed by atoms with van der Waals surface area (Å²) in [5, 5.41) is 15.7. The number of carboxylic acid groups (broad SMARTS) is 1. The molecule has 3 N–H and O–H groups in total. The number of carbonyl (C=O) groups is 2. The molecule has 3 rings (SSSR count). The Kier molecular flexibility index (Phi) is 5.34. The van der Waals surface area contributed by atoms with E-state index in [0.29, 0.717) is 41.1 Å². The summed E-state index contributed by atoms with van der Waals surface area (Å²) in [5.74, 6) is 1.30. The molecule has 3 heterocycles. The molecule has 0 aromatic carbocycles. The number of nitrogens with zero attached hydrogens (tertiary/aromatic N) is 3. The van der Waals surface area contributed by atoms with Crippen molar-refractivity contribution in [3.63, 3.8) is 0 Å². The number of likely N-dealkylation sites (tertiary alicyclic amines) is 1. The summed E-state index contributed by atoms with van der Waals surface area (Å²) in [6.45, 7) is 1.29. The van der Waals surface area contributed by atoms with Gasteiger partial charge in [0.1, 0.15) is 11.6 Å². The highest BCUT2D eigenvalue weighted by molar-refractivity contribution is 9.11. The summed E-state index contributed by atoms with van der Waals surface area (Å²) in [7, 11) is 0. The van der Waals surface area contributed by atoms with Gasteiger partial charge in [-0.25, -0.2) is 14.6 Å². The fraction of sp³-hybridized carbons (Fsp3) is 0.286. The second-order valence-electron chi connectivity index (χ2n) is 5.29. The van der Waals surface area contributed by atoms with Crippen molar-refractivity contribution >= 4 is 51.0 Å². The first-order chi connectivity index (χ1) is 12.0. The number of urea groups is 1. The number of ether oxygens (including phenoxy) is 1. The van der Waals surface area contributed by atoms with E-state index >= 15 is 0 Å². The van der Waals surface area contributed by atoms with Crippen LogP contribution in [0.2, 0.25) is 0 Å². The van der Waals surface area contributed by atoms with Crippen molar-refractivity contribution in [2.24, 2.45) is 5.92 Å². The van der Waals surface area contributed by atoms with Gasteiger partial charge in [-0.1, -0.05) is 6.07 Å². The van der Waals surface area contributed by atoms with Crippen molar-refractivity contribution in [2.45, 2.75) is 0 Å². The minimum atomic E-state index is -0.918. The zero-order valence-electron chi connectivity index (χ0n) is 12.8. The maximum absolute atomic E-state index is 11.9. The number of nitrogens with one attached hydrogen (secondary N) is 2. The van der Waals surface area contributed by atoms with Gasteiger partial charge in [-0.3, -0.25) is 10.6 Å². The topological polar surface area (TPSA) is 117 Å². The first kappa shape index (κ1) is 17.4. The largest absolute Gasteiger partial charge is 0.477 e. The monoisotopic (exact) mass is 427 g/mol. The Morgan fingerprint density at radius 2 is 2.08 bits per heavy atom. The van der Waals surface area contributed by atoms with Gasteiger partial charge >= 0.3 is 12.1 Å². The zero-order chi connectivity index (χ0) is 17.8. The van der Waals surface area contributed by atoms with Gasteiger partial charge in [-0.05, 0) is 22.0 Å². The van der Waals surface area contributed by atoms with Crippen LogP contribution in [0.25, 0.3) is 0 Å². The number of hydrogen-bond acceptors (Lipinski definition) is 6. The van der Waals surface area contributed by atoms with Crippen molar-refractivity contribution in [3.8, 4) is 5.88 Å². The van der Waals surface area contributed by atoms with E-state index in [2.05, 4.69) is 36.5 Å². The average molecular weight is 428 g/mol. The Labute approximate surface area is 155 Å². The van der Waals surface area contributed by atoms with Gasteiger partial charge in [0.25, 0.3) is 0 Å². The Morgan fingerprint density at radius 3 is 2.76 bits per heavy atom. The van der Waals surface area contributed by atoms with Crippen LogP contribution in [0.5, 0.6) is 5.88 Å². The molecule has 2 aromatic heterocycles. The van der Waals surface area contributed by atoms with Crippen molar-refractivity contribution in [1.82, 2.24) is 14.9 Å². The summed E-state index contributed by atoms with van der Waals surface area (Å²) < 4.78 is 6.24. The minimum Gasteiger partial charge on any atom is -0.477 e. The summed E-state index contributed by atoms with van der Waals surface area (Å²) >= 11 is 4.58. The Balaban J connectivity index is 1.48. The SMILES string of the molecule is O=C(Nc1cccc(OCC2CN(C(=O)O)C2)n1)Nc1csc(Br)n1. The van der Waals surface area contributed by atoms with Crippen molar-refractivity contribution < 1.29 is 19.4 Å². The Bertz CT molecular complexity index is 780. The van der Waals surface area contributed by atoms with Crippen molar-refractivity contribution in [1.29, 1.82) is 0 Å². The van der Waals surface area contributed by atoms with Crippen LogP contribution >= 0.6 is 27.3 Å². The van der Waals surface area contributed by atoms with E-state index in [1.165, 1.54) is 16.2 Å². The van der Waals surface area contributed by atoms with E-state index in [0.717, 1.165) is 0 Å². The predicted octanol–water partition coefficient (Wildman–Crippen LogP) is 2.93. The van der Waals surface area contributed by atoms with Crippen LogP contribution in [0, 0.1) is 5.92 Å². The van der Waals surface area contributed by atoms with Crippen LogP contribution in [0.1, 0.15) is 0 Å². The standard InChI is InChI=1S/C14H14BrN5O4S/c15-12-17-10(7-25-12)19-13(21)18-9-2-1-3-11(16-9)24-6-8-4-20(5-8)14(22)23/h1-3,7-8H,4-6H2,(H,22,23)(H2,16,18,19,21). The quantitative estimate of drug-likeness (QED) is 0.675. The molecule has 25 heavy (non-hydrogen) atoms. The van der Waals surface area contributed by atoms with Gasteiger partial charge in [0.15, 0.2) is 3.92 Å². The summed E-state index contributed by atoms with van der Waals surface area (Å²) in [4.78, 5) is 32.2. The summed E-state index contributed by atoms with van der Waals surface area (Å²) in [6, 6.07) is 4.56. The van der Waals surface area contributed by atoms with Gasteiger partial charge < -0.3 is 14.7 Å². The lowest BCUT2D eigenvalue weighted by atomic mass is 10.0. The summed E-state index contributed by atoms with van der Waals surface area (Å²) in [6.07, 6.45) is -0.918. The van der Waals surface area contributed by atoms with E-state index in [9.17, 15) is 9.59 Å². The Morgan fingerprint density at radius 1 is 1.32 bits per heavy atom. The van der Waals surface area contributed by atoms with Crippen LogP contribution in [0.3, 0.4) is 0 Å². The third kappa shape index (κ3) is 4.79. The van der Waals surface area contributed by atoms with Crippen LogP contribution < -0.4 is 15.4 Å². The predicted molar refractivity (Wildman–Crippen MR) is 95.3 cm³/mol. The number of thiazole rings is 1. The number of aromatic nitrogens is 2. The number of hydrogen-bond donors (Lipinski definition) is 3. The second kappa shape index (κ2) is 7.66. The van der Waals surface area contributed by atoms with Crippen LogP contribution in [0.4, 0.5) is 21.2 Å². The molecule has 0 unspecified atom stereocenters. The molecule has 11 heteroatoms. The zero-order valence-corrected chi connectivity index (χ0v) is 15.2. The molecule has 3 amide bonds. The average Bonchev–Trinajstić information content (AvgIpc) is 2.90. The molecule has 2 aromatic rings. The van der Waals surface area contributed by atoms with Crippen LogP contribution in [0.15, 0.2) is 27.5 Å². The molecule has 132 valence electrons. The van der Waals surface area contributed by atoms with Gasteiger partial charge in [0, 0.05) is 30.5 Å². The Hall–Kier alpha value is -2.40. The lowest BCUT2D eigenvalue weighted by molar-refractivity contribution is 0.0576. The van der Waals surface area contributed by atoms with Crippen molar-refractivity contribution in [2.75, 3.05) is 30.3 Å². The van der Waals surface area contributed by atoms with E-state index in [-0.39, 0.29) is 5.92 Å². The second-order valence-corrected chi connectivity index (χ2v) is 7.42. The highest BCUT2D eigenvalue weighted by atomic mass is 79.9. The van der Waals surface area contributed by atoms with Crippen LogP contribution in [-0.2, 0) is 0 Å². The van der Waals surface area contributed by atoms with Gasteiger partial charge in [-0.2, -0.15) is 4.98 Å². The van der Waals surface area contributed by atoms with Gasteiger partial charge in [0.2, 0.25) is 5.88 Å². The molecule has 1 aliphatic rings. The van der Waals surface area contributed by atoms with Gasteiger partial charge in [-0.15, -0.1) is 11.3 Å². The maximum Gasteiger partial charge on any atom is 0.407 e. The molecule has 0 bridgehead atoms. The van der Waals surface area contributed by atoms with Gasteiger partial charge in [0.05, 0.1) is 6.61 Å². The molecular formula is C14H14BrN5O4S. The highest BCUT2D eigenvalue weighted by Gasteiger charge is 2.30. The first-order valence-corrected chi connectivity index (χ1v) is 8.93. The summed E-state index contributed by atoms with van der Waals surface area (Å²) in [5.41, 5.74) is 0. The van der Waals surface area contributed by atoms with E-state index < -0.39 is 12.1 Å². The van der Waals surface area contributed by atoms with Crippen LogP contribution in [-0.4, -0.2) is 51.8 Å². The molecule has 0 saturated carbocycles. The number of rotatable bonds is 5. The highest BCUT2D eigenvalue weighted by Crippen LogP contribution is 2.20. The molecule has 0 radical (unpaired) electrons. The molecule has 0 spiro atoms. The molecular weight excluding hydrogens is 414 g/mol. The third-order valence-electron chi connectivity index (χ3n) is 3.38. The molecule has 9 nitrogen and oxygen atoms in total. The lowest BCUT2D eigenvalue weighted by Gasteiger charge is -2.36. The smallest absolute Gasteiger partial charge is 0.407 e. The third-order valence-corrected chi connectivity index (χ3v) is 4.74. The number of carbonyl (C=O) groups excluding carboxylic acids is 1. The molecule has 1 fully saturated rings. The van der Waals surface area contributed by atoms with E-state index in [1.54, 1.807) is 23.6 Å². The molecule has 0 aliphatic carbocycles. The molecule has 1 saturated heterocycles. The molecule has 0 atom stereocenters. The lowest BCUT2D eigenvalue weighted by Crippen LogP contribution is -2.51.